The zero-order chi connectivity index (χ0) is 19.4. The molecule has 0 unspecified atom stereocenters. The van der Waals surface area contributed by atoms with E-state index in [1.165, 1.54) is 0 Å². The van der Waals surface area contributed by atoms with Gasteiger partial charge in [0.15, 0.2) is 11.5 Å². The Morgan fingerprint density at radius 2 is 1.74 bits per heavy atom. The normalized spacial score (nSPS) is 14.2. The maximum atomic E-state index is 13.0. The average molecular weight is 369 g/mol. The van der Waals surface area contributed by atoms with E-state index in [2.05, 4.69) is 5.32 Å². The third kappa shape index (κ3) is 3.60. The standard InChI is InChI=1S/C21H23NO5/c1-4-27-19(23)15-7-5-6-8-16(15)22-20(24)21(11-12-21)14-9-10-17(25-2)18(13-14)26-3/h5-10,13H,4,11-12H2,1-3H3,(H,22,24). The molecule has 0 saturated heterocycles. The summed E-state index contributed by atoms with van der Waals surface area (Å²) < 4.78 is 15.7. The van der Waals surface area contributed by atoms with Crippen molar-refractivity contribution in [2.75, 3.05) is 26.1 Å². The molecular weight excluding hydrogens is 346 g/mol. The lowest BCUT2D eigenvalue weighted by Gasteiger charge is -2.19. The van der Waals surface area contributed by atoms with E-state index in [9.17, 15) is 9.59 Å². The second kappa shape index (κ2) is 7.70. The summed E-state index contributed by atoms with van der Waals surface area (Å²) in [6.45, 7) is 2.02. The summed E-state index contributed by atoms with van der Waals surface area (Å²) in [5.41, 5.74) is 1.04. The number of methoxy groups -OCH3 is 2. The number of nitrogens with one attached hydrogen (secondary N) is 1. The number of hydrogen-bond acceptors (Lipinski definition) is 5. The lowest BCUT2D eigenvalue weighted by molar-refractivity contribution is -0.118. The molecular formula is C21H23NO5. The van der Waals surface area contributed by atoms with Crippen LogP contribution in [0.3, 0.4) is 0 Å². The highest BCUT2D eigenvalue weighted by Gasteiger charge is 2.51. The number of amides is 1. The molecule has 1 N–H and O–H groups in total. The van der Waals surface area contributed by atoms with Gasteiger partial charge in [-0.15, -0.1) is 0 Å². The van der Waals surface area contributed by atoms with Crippen LogP contribution in [-0.2, 0) is 14.9 Å². The van der Waals surface area contributed by atoms with E-state index in [0.29, 0.717) is 22.7 Å². The van der Waals surface area contributed by atoms with Gasteiger partial charge in [-0.2, -0.15) is 0 Å². The molecule has 0 bridgehead atoms. The molecule has 1 aliphatic rings. The van der Waals surface area contributed by atoms with Crippen molar-refractivity contribution in [3.63, 3.8) is 0 Å². The van der Waals surface area contributed by atoms with Crippen LogP contribution in [0, 0.1) is 0 Å². The molecule has 0 atom stereocenters. The molecule has 0 heterocycles. The first-order valence-corrected chi connectivity index (χ1v) is 8.86. The van der Waals surface area contributed by atoms with Crippen LogP contribution in [0.25, 0.3) is 0 Å². The highest BCUT2D eigenvalue weighted by molar-refractivity contribution is 6.06. The maximum Gasteiger partial charge on any atom is 0.340 e. The summed E-state index contributed by atoms with van der Waals surface area (Å²) in [6.07, 6.45) is 1.46. The summed E-state index contributed by atoms with van der Waals surface area (Å²) in [7, 11) is 3.14. The molecule has 0 aromatic heterocycles. The van der Waals surface area contributed by atoms with Crippen molar-refractivity contribution >= 4 is 17.6 Å². The quantitative estimate of drug-likeness (QED) is 0.756. The first-order valence-electron chi connectivity index (χ1n) is 8.86. The fraction of sp³-hybridized carbons (Fsp3) is 0.333. The third-order valence-electron chi connectivity index (χ3n) is 4.79. The van der Waals surface area contributed by atoms with Crippen molar-refractivity contribution in [2.45, 2.75) is 25.2 Å². The Kier molecular flexibility index (Phi) is 5.35. The number of carbonyl (C=O) groups is 2. The van der Waals surface area contributed by atoms with E-state index in [0.717, 1.165) is 18.4 Å². The lowest BCUT2D eigenvalue weighted by Crippen LogP contribution is -2.28. The number of rotatable bonds is 7. The Hall–Kier alpha value is -3.02. The Morgan fingerprint density at radius 1 is 1.04 bits per heavy atom. The van der Waals surface area contributed by atoms with Gasteiger partial charge >= 0.3 is 5.97 Å². The second-order valence-corrected chi connectivity index (χ2v) is 6.37. The lowest BCUT2D eigenvalue weighted by atomic mass is 9.94. The smallest absolute Gasteiger partial charge is 0.340 e. The average Bonchev–Trinajstić information content (AvgIpc) is 3.50. The summed E-state index contributed by atoms with van der Waals surface area (Å²) in [5, 5.41) is 2.91. The van der Waals surface area contributed by atoms with E-state index < -0.39 is 11.4 Å². The van der Waals surface area contributed by atoms with E-state index >= 15 is 0 Å². The number of carbonyl (C=O) groups excluding carboxylic acids is 2. The molecule has 1 aliphatic carbocycles. The summed E-state index contributed by atoms with van der Waals surface area (Å²) in [5.74, 6) is 0.599. The SMILES string of the molecule is CCOC(=O)c1ccccc1NC(=O)C1(c2ccc(OC)c(OC)c2)CC1. The fourth-order valence-corrected chi connectivity index (χ4v) is 3.13. The highest BCUT2D eigenvalue weighted by atomic mass is 16.5. The molecule has 2 aromatic rings. The summed E-state index contributed by atoms with van der Waals surface area (Å²) >= 11 is 0. The minimum absolute atomic E-state index is 0.147. The topological polar surface area (TPSA) is 73.9 Å². The van der Waals surface area contributed by atoms with Crippen molar-refractivity contribution in [3.05, 3.63) is 53.6 Å². The first-order chi connectivity index (χ1) is 13.1. The van der Waals surface area contributed by atoms with Gasteiger partial charge in [0.2, 0.25) is 5.91 Å². The van der Waals surface area contributed by atoms with Gasteiger partial charge in [0, 0.05) is 0 Å². The molecule has 27 heavy (non-hydrogen) atoms. The Balaban J connectivity index is 1.86. The van der Waals surface area contributed by atoms with Crippen LogP contribution >= 0.6 is 0 Å². The minimum Gasteiger partial charge on any atom is -0.493 e. The second-order valence-electron chi connectivity index (χ2n) is 6.37. The minimum atomic E-state index is -0.624. The monoisotopic (exact) mass is 369 g/mol. The van der Waals surface area contributed by atoms with Gasteiger partial charge in [-0.1, -0.05) is 18.2 Å². The van der Waals surface area contributed by atoms with Crippen molar-refractivity contribution in [1.82, 2.24) is 0 Å². The molecule has 1 fully saturated rings. The molecule has 3 rings (SSSR count). The van der Waals surface area contributed by atoms with Crippen molar-refractivity contribution in [2.24, 2.45) is 0 Å². The summed E-state index contributed by atoms with van der Waals surface area (Å²) in [4.78, 5) is 25.2. The molecule has 142 valence electrons. The van der Waals surface area contributed by atoms with Crippen molar-refractivity contribution in [1.29, 1.82) is 0 Å². The van der Waals surface area contributed by atoms with Crippen LogP contribution in [-0.4, -0.2) is 32.7 Å². The number of benzene rings is 2. The van der Waals surface area contributed by atoms with Gasteiger partial charge in [0.25, 0.3) is 0 Å². The van der Waals surface area contributed by atoms with Crippen LogP contribution in [0.4, 0.5) is 5.69 Å². The summed E-state index contributed by atoms with van der Waals surface area (Å²) in [6, 6.07) is 12.4. The molecule has 6 heteroatoms. The van der Waals surface area contributed by atoms with E-state index in [-0.39, 0.29) is 12.5 Å². The highest BCUT2D eigenvalue weighted by Crippen LogP contribution is 2.50. The zero-order valence-electron chi connectivity index (χ0n) is 15.7. The molecule has 1 amide bonds. The van der Waals surface area contributed by atoms with Crippen LogP contribution < -0.4 is 14.8 Å². The van der Waals surface area contributed by atoms with Crippen LogP contribution in [0.1, 0.15) is 35.7 Å². The zero-order valence-corrected chi connectivity index (χ0v) is 15.7. The predicted octanol–water partition coefficient (Wildman–Crippen LogP) is 3.55. The number of esters is 1. The van der Waals surface area contributed by atoms with Gasteiger partial charge < -0.3 is 19.5 Å². The molecule has 0 aliphatic heterocycles. The van der Waals surface area contributed by atoms with Crippen LogP contribution in [0.2, 0.25) is 0 Å². The Bertz CT molecular complexity index is 857. The van der Waals surface area contributed by atoms with Crippen molar-refractivity contribution in [3.8, 4) is 11.5 Å². The van der Waals surface area contributed by atoms with Crippen molar-refractivity contribution < 1.29 is 23.8 Å². The molecule has 6 nitrogen and oxygen atoms in total. The number of anilines is 1. The van der Waals surface area contributed by atoms with E-state index in [1.807, 2.05) is 12.1 Å². The molecule has 1 saturated carbocycles. The van der Waals surface area contributed by atoms with E-state index in [1.54, 1.807) is 51.5 Å². The van der Waals surface area contributed by atoms with Crippen LogP contribution in [0.15, 0.2) is 42.5 Å². The number of ether oxygens (including phenoxy) is 3. The van der Waals surface area contributed by atoms with Gasteiger partial charge in [-0.3, -0.25) is 4.79 Å². The molecule has 0 spiro atoms. The number of hydrogen-bond donors (Lipinski definition) is 1. The Morgan fingerprint density at radius 3 is 2.37 bits per heavy atom. The van der Waals surface area contributed by atoms with Gasteiger partial charge in [0.1, 0.15) is 0 Å². The largest absolute Gasteiger partial charge is 0.493 e. The van der Waals surface area contributed by atoms with Gasteiger partial charge in [0.05, 0.1) is 37.5 Å². The first kappa shape index (κ1) is 18.8. The van der Waals surface area contributed by atoms with E-state index in [4.69, 9.17) is 14.2 Å². The Labute approximate surface area is 158 Å². The third-order valence-corrected chi connectivity index (χ3v) is 4.79. The maximum absolute atomic E-state index is 13.0. The van der Waals surface area contributed by atoms with Gasteiger partial charge in [-0.05, 0) is 49.6 Å². The van der Waals surface area contributed by atoms with Crippen LogP contribution in [0.5, 0.6) is 11.5 Å². The number of para-hydroxylation sites is 1. The molecule has 2 aromatic carbocycles. The molecule has 0 radical (unpaired) electrons. The predicted molar refractivity (Wildman–Crippen MR) is 101 cm³/mol. The van der Waals surface area contributed by atoms with Gasteiger partial charge in [-0.25, -0.2) is 4.79 Å². The fourth-order valence-electron chi connectivity index (χ4n) is 3.13.